The lowest BCUT2D eigenvalue weighted by Gasteiger charge is -2.11. The van der Waals surface area contributed by atoms with Crippen molar-refractivity contribution in [2.45, 2.75) is 25.2 Å². The smallest absolute Gasteiger partial charge is 0.339 e. The summed E-state index contributed by atoms with van der Waals surface area (Å²) in [5.74, 6) is 0.774. The molecule has 0 aliphatic carbocycles. The molecular formula is C24H26ClNO5S. The Hall–Kier alpha value is -3.03. The Bertz CT molecular complexity index is 1120. The van der Waals surface area contributed by atoms with E-state index in [0.29, 0.717) is 25.4 Å². The highest BCUT2D eigenvalue weighted by molar-refractivity contribution is 7.87. The average Bonchev–Trinajstić information content (AvgIpc) is 2.75. The van der Waals surface area contributed by atoms with E-state index in [1.54, 1.807) is 36.5 Å². The predicted molar refractivity (Wildman–Crippen MR) is 128 cm³/mol. The second-order valence-electron chi connectivity index (χ2n) is 6.82. The SMILES string of the molecule is CCON=Cc1ccc(CCOc2cc(C)cc(OS(=O)(=O)c3ccccc3)c2)cc1.Cl. The summed E-state index contributed by atoms with van der Waals surface area (Å²) in [7, 11) is -3.90. The van der Waals surface area contributed by atoms with E-state index < -0.39 is 10.1 Å². The molecule has 0 amide bonds. The number of oxime groups is 1. The van der Waals surface area contributed by atoms with Crippen molar-refractivity contribution in [2.75, 3.05) is 13.2 Å². The second kappa shape index (κ2) is 12.1. The molecular weight excluding hydrogens is 450 g/mol. The van der Waals surface area contributed by atoms with Crippen LogP contribution in [0.2, 0.25) is 0 Å². The van der Waals surface area contributed by atoms with Gasteiger partial charge in [0.25, 0.3) is 0 Å². The van der Waals surface area contributed by atoms with Crippen LogP contribution < -0.4 is 8.92 Å². The van der Waals surface area contributed by atoms with Crippen molar-refractivity contribution < 1.29 is 22.2 Å². The number of ether oxygens (including phenoxy) is 1. The minimum atomic E-state index is -3.90. The summed E-state index contributed by atoms with van der Waals surface area (Å²) in [5, 5.41) is 3.85. The van der Waals surface area contributed by atoms with Gasteiger partial charge in [0, 0.05) is 12.5 Å². The molecule has 8 heteroatoms. The van der Waals surface area contributed by atoms with Crippen LogP contribution in [0, 0.1) is 6.92 Å². The molecule has 0 atom stereocenters. The minimum Gasteiger partial charge on any atom is -0.493 e. The highest BCUT2D eigenvalue weighted by Gasteiger charge is 2.16. The van der Waals surface area contributed by atoms with Crippen LogP contribution in [0.3, 0.4) is 0 Å². The largest absolute Gasteiger partial charge is 0.493 e. The van der Waals surface area contributed by atoms with Crippen molar-refractivity contribution in [3.8, 4) is 11.5 Å². The molecule has 0 bridgehead atoms. The third-order valence-corrected chi connectivity index (χ3v) is 5.57. The summed E-state index contributed by atoms with van der Waals surface area (Å²) in [6.07, 6.45) is 2.37. The summed E-state index contributed by atoms with van der Waals surface area (Å²) in [5.41, 5.74) is 2.91. The maximum absolute atomic E-state index is 12.5. The van der Waals surface area contributed by atoms with Gasteiger partial charge in [-0.15, -0.1) is 12.4 Å². The molecule has 0 aliphatic heterocycles. The molecule has 0 heterocycles. The normalized spacial score (nSPS) is 11.1. The van der Waals surface area contributed by atoms with Crippen LogP contribution in [0.15, 0.2) is 82.8 Å². The first kappa shape index (κ1) is 25.2. The molecule has 170 valence electrons. The van der Waals surface area contributed by atoms with Crippen molar-refractivity contribution in [3.63, 3.8) is 0 Å². The first-order valence-electron chi connectivity index (χ1n) is 9.94. The monoisotopic (exact) mass is 475 g/mol. The Morgan fingerprint density at radius 2 is 1.62 bits per heavy atom. The zero-order valence-electron chi connectivity index (χ0n) is 17.9. The lowest BCUT2D eigenvalue weighted by atomic mass is 10.1. The molecule has 0 spiro atoms. The highest BCUT2D eigenvalue weighted by Crippen LogP contribution is 2.26. The number of aryl methyl sites for hydroxylation is 1. The number of hydrogen-bond donors (Lipinski definition) is 0. The zero-order valence-corrected chi connectivity index (χ0v) is 19.6. The summed E-state index contributed by atoms with van der Waals surface area (Å²) in [6.45, 7) is 4.72. The summed E-state index contributed by atoms with van der Waals surface area (Å²) >= 11 is 0. The van der Waals surface area contributed by atoms with E-state index in [1.807, 2.05) is 44.2 Å². The van der Waals surface area contributed by atoms with Crippen LogP contribution in [-0.2, 0) is 21.4 Å². The molecule has 0 fully saturated rings. The van der Waals surface area contributed by atoms with Crippen LogP contribution in [0.4, 0.5) is 0 Å². The molecule has 0 saturated heterocycles. The van der Waals surface area contributed by atoms with Gasteiger partial charge in [-0.2, -0.15) is 8.42 Å². The van der Waals surface area contributed by atoms with Crippen LogP contribution in [0.5, 0.6) is 11.5 Å². The van der Waals surface area contributed by atoms with Gasteiger partial charge in [0.15, 0.2) is 0 Å². The molecule has 0 aromatic heterocycles. The maximum Gasteiger partial charge on any atom is 0.339 e. The first-order valence-corrected chi connectivity index (χ1v) is 11.4. The molecule has 3 rings (SSSR count). The number of hydrogen-bond acceptors (Lipinski definition) is 6. The second-order valence-corrected chi connectivity index (χ2v) is 8.37. The maximum atomic E-state index is 12.5. The molecule has 0 radical (unpaired) electrons. The van der Waals surface area contributed by atoms with E-state index in [-0.39, 0.29) is 23.1 Å². The van der Waals surface area contributed by atoms with Crippen molar-refractivity contribution in [3.05, 3.63) is 89.5 Å². The van der Waals surface area contributed by atoms with E-state index >= 15 is 0 Å². The van der Waals surface area contributed by atoms with Gasteiger partial charge in [0.1, 0.15) is 23.0 Å². The van der Waals surface area contributed by atoms with Crippen molar-refractivity contribution in [1.29, 1.82) is 0 Å². The fourth-order valence-corrected chi connectivity index (χ4v) is 3.77. The number of nitrogens with zero attached hydrogens (tertiary/aromatic N) is 1. The average molecular weight is 476 g/mol. The number of halogens is 1. The van der Waals surface area contributed by atoms with Gasteiger partial charge in [-0.25, -0.2) is 0 Å². The van der Waals surface area contributed by atoms with Gasteiger partial charge < -0.3 is 13.8 Å². The summed E-state index contributed by atoms with van der Waals surface area (Å²) in [4.78, 5) is 5.06. The third kappa shape index (κ3) is 7.59. The number of rotatable bonds is 10. The lowest BCUT2D eigenvalue weighted by molar-refractivity contribution is 0.160. The van der Waals surface area contributed by atoms with E-state index in [9.17, 15) is 8.42 Å². The minimum absolute atomic E-state index is 0. The first-order chi connectivity index (χ1) is 15.0. The molecule has 0 saturated carbocycles. The van der Waals surface area contributed by atoms with Gasteiger partial charge in [-0.3, -0.25) is 0 Å². The Labute approximate surface area is 195 Å². The Kier molecular flexibility index (Phi) is 9.56. The van der Waals surface area contributed by atoms with E-state index in [4.69, 9.17) is 13.8 Å². The van der Waals surface area contributed by atoms with Crippen LogP contribution in [0.1, 0.15) is 23.6 Å². The van der Waals surface area contributed by atoms with Crippen molar-refractivity contribution in [1.82, 2.24) is 0 Å². The van der Waals surface area contributed by atoms with Crippen LogP contribution >= 0.6 is 12.4 Å². The lowest BCUT2D eigenvalue weighted by Crippen LogP contribution is -2.10. The van der Waals surface area contributed by atoms with Crippen LogP contribution in [-0.4, -0.2) is 27.8 Å². The Morgan fingerprint density at radius 1 is 0.938 bits per heavy atom. The molecule has 3 aromatic carbocycles. The van der Waals surface area contributed by atoms with Gasteiger partial charge >= 0.3 is 10.1 Å². The van der Waals surface area contributed by atoms with E-state index in [1.165, 1.54) is 12.1 Å². The molecule has 0 N–H and O–H groups in total. The summed E-state index contributed by atoms with van der Waals surface area (Å²) in [6, 6.07) is 21.1. The highest BCUT2D eigenvalue weighted by atomic mass is 35.5. The van der Waals surface area contributed by atoms with Crippen molar-refractivity contribution >= 4 is 28.7 Å². The fourth-order valence-electron chi connectivity index (χ4n) is 2.84. The van der Waals surface area contributed by atoms with Crippen molar-refractivity contribution in [2.24, 2.45) is 5.16 Å². The van der Waals surface area contributed by atoms with Gasteiger partial charge in [0.05, 0.1) is 12.8 Å². The molecule has 32 heavy (non-hydrogen) atoms. The summed E-state index contributed by atoms with van der Waals surface area (Å²) < 4.78 is 36.0. The Morgan fingerprint density at radius 3 is 2.31 bits per heavy atom. The van der Waals surface area contributed by atoms with E-state index in [0.717, 1.165) is 16.7 Å². The molecule has 0 aliphatic rings. The topological polar surface area (TPSA) is 74.2 Å². The van der Waals surface area contributed by atoms with Gasteiger partial charge in [-0.1, -0.05) is 47.6 Å². The third-order valence-electron chi connectivity index (χ3n) is 4.31. The predicted octanol–water partition coefficient (Wildman–Crippen LogP) is 5.18. The zero-order chi connectivity index (χ0) is 22.1. The van der Waals surface area contributed by atoms with Gasteiger partial charge in [-0.05, 0) is 54.8 Å². The molecule has 0 unspecified atom stereocenters. The standard InChI is InChI=1S/C24H25NO5S.ClH/c1-3-29-25-18-21-11-9-20(10-12-21)13-14-28-22-15-19(2)16-23(17-22)30-31(26,27)24-7-5-4-6-8-24;/h4-12,15-18H,3,13-14H2,1-2H3;1H. The molecule has 6 nitrogen and oxygen atoms in total. The quantitative estimate of drug-likeness (QED) is 0.229. The van der Waals surface area contributed by atoms with Crippen LogP contribution in [0.25, 0.3) is 0 Å². The fraction of sp³-hybridized carbons (Fsp3) is 0.208. The Balaban J connectivity index is 0.00000363. The van der Waals surface area contributed by atoms with Gasteiger partial charge in [0.2, 0.25) is 0 Å². The van der Waals surface area contributed by atoms with E-state index in [2.05, 4.69) is 5.16 Å². The molecule has 3 aromatic rings. The number of benzene rings is 3.